The minimum Gasteiger partial charge on any atom is -0.372 e. The van der Waals surface area contributed by atoms with Crippen LogP contribution in [0.25, 0.3) is 0 Å². The van der Waals surface area contributed by atoms with Gasteiger partial charge < -0.3 is 10.2 Å². The first-order chi connectivity index (χ1) is 13.3. The number of anilines is 2. The highest BCUT2D eigenvalue weighted by atomic mass is 35.5. The Balaban J connectivity index is 1.52. The third-order valence-electron chi connectivity index (χ3n) is 5.07. The molecule has 0 aliphatic carbocycles. The molecule has 0 atom stereocenters. The number of rotatable bonds is 6. The smallest absolute Gasteiger partial charge is 0.225 e. The Hall–Kier alpha value is -2.05. The molecule has 28 heavy (non-hydrogen) atoms. The molecule has 1 heterocycles. The van der Waals surface area contributed by atoms with E-state index in [4.69, 9.17) is 11.6 Å². The number of nitrogens with one attached hydrogen (secondary N) is 1. The minimum absolute atomic E-state index is 0.100. The van der Waals surface area contributed by atoms with Gasteiger partial charge in [-0.2, -0.15) is 0 Å². The van der Waals surface area contributed by atoms with Crippen LogP contribution >= 0.6 is 11.6 Å². The second-order valence-electron chi connectivity index (χ2n) is 7.29. The summed E-state index contributed by atoms with van der Waals surface area (Å²) in [5, 5.41) is 3.24. The van der Waals surface area contributed by atoms with Gasteiger partial charge in [-0.25, -0.2) is 8.42 Å². The molecule has 5 nitrogen and oxygen atoms in total. The molecule has 2 aromatic rings. The third-order valence-corrected chi connectivity index (χ3v) is 7.05. The molecule has 0 saturated carbocycles. The average Bonchev–Trinajstić information content (AvgIpc) is 2.68. The fraction of sp³-hybridized carbons (Fsp3) is 0.381. The molecule has 1 amide bonds. The molecule has 0 aromatic heterocycles. The van der Waals surface area contributed by atoms with Crippen LogP contribution in [-0.2, 0) is 14.6 Å². The van der Waals surface area contributed by atoms with E-state index < -0.39 is 9.84 Å². The van der Waals surface area contributed by atoms with Crippen molar-refractivity contribution in [3.05, 3.63) is 53.6 Å². The van der Waals surface area contributed by atoms with Crippen molar-refractivity contribution < 1.29 is 13.2 Å². The van der Waals surface area contributed by atoms with Crippen LogP contribution in [0.5, 0.6) is 0 Å². The van der Waals surface area contributed by atoms with Crippen molar-refractivity contribution in [1.82, 2.24) is 0 Å². The standard InChI is InChI=1S/C21H25ClN2O3S/c1-16-10-13-24(14-11-16)19-6-4-18(5-7-19)23-21(25)12-15-28(26,27)20-8-2-17(22)3-9-20/h2-9,16H,10-15H2,1H3,(H,23,25). The predicted molar refractivity (Wildman–Crippen MR) is 114 cm³/mol. The van der Waals surface area contributed by atoms with Crippen molar-refractivity contribution in [1.29, 1.82) is 0 Å². The van der Waals surface area contributed by atoms with Crippen LogP contribution in [0.3, 0.4) is 0 Å². The number of piperidine rings is 1. The minimum atomic E-state index is -3.52. The number of halogens is 1. The number of carbonyl (C=O) groups excluding carboxylic acids is 1. The molecule has 2 aromatic carbocycles. The number of carbonyl (C=O) groups is 1. The quantitative estimate of drug-likeness (QED) is 0.753. The summed E-state index contributed by atoms with van der Waals surface area (Å²) in [5.74, 6) is 0.209. The van der Waals surface area contributed by atoms with Gasteiger partial charge in [0.05, 0.1) is 10.6 Å². The maximum atomic E-state index is 12.3. The van der Waals surface area contributed by atoms with Crippen molar-refractivity contribution in [3.8, 4) is 0 Å². The van der Waals surface area contributed by atoms with Crippen molar-refractivity contribution >= 4 is 38.7 Å². The summed E-state index contributed by atoms with van der Waals surface area (Å²) in [6.07, 6.45) is 2.29. The lowest BCUT2D eigenvalue weighted by molar-refractivity contribution is -0.115. The number of hydrogen-bond donors (Lipinski definition) is 1. The molecule has 0 bridgehead atoms. The molecule has 0 radical (unpaired) electrons. The van der Waals surface area contributed by atoms with Crippen molar-refractivity contribution in [3.63, 3.8) is 0 Å². The molecule has 3 rings (SSSR count). The van der Waals surface area contributed by atoms with E-state index in [0.29, 0.717) is 10.7 Å². The zero-order valence-electron chi connectivity index (χ0n) is 15.9. The van der Waals surface area contributed by atoms with E-state index in [1.54, 1.807) is 0 Å². The zero-order valence-corrected chi connectivity index (χ0v) is 17.5. The van der Waals surface area contributed by atoms with Crippen LogP contribution in [0.1, 0.15) is 26.2 Å². The zero-order chi connectivity index (χ0) is 20.1. The molecule has 1 N–H and O–H groups in total. The molecular formula is C21H25ClN2O3S. The summed E-state index contributed by atoms with van der Waals surface area (Å²) in [6, 6.07) is 13.7. The van der Waals surface area contributed by atoms with Crippen molar-refractivity contribution in [2.24, 2.45) is 5.92 Å². The molecule has 150 valence electrons. The Morgan fingerprint density at radius 3 is 2.29 bits per heavy atom. The van der Waals surface area contributed by atoms with Gasteiger partial charge in [0.15, 0.2) is 9.84 Å². The van der Waals surface area contributed by atoms with Gasteiger partial charge in [-0.3, -0.25) is 4.79 Å². The largest absolute Gasteiger partial charge is 0.372 e. The molecule has 1 aliphatic rings. The van der Waals surface area contributed by atoms with E-state index in [9.17, 15) is 13.2 Å². The number of nitrogens with zero attached hydrogens (tertiary/aromatic N) is 1. The van der Waals surface area contributed by atoms with Crippen LogP contribution in [0.15, 0.2) is 53.4 Å². The molecule has 1 fully saturated rings. The van der Waals surface area contributed by atoms with Gasteiger partial charge in [0.25, 0.3) is 0 Å². The average molecular weight is 421 g/mol. The first-order valence-electron chi connectivity index (χ1n) is 9.47. The van der Waals surface area contributed by atoms with E-state index in [1.807, 2.05) is 24.3 Å². The SMILES string of the molecule is CC1CCN(c2ccc(NC(=O)CCS(=O)(=O)c3ccc(Cl)cc3)cc2)CC1. The lowest BCUT2D eigenvalue weighted by atomic mass is 9.99. The second kappa shape index (κ2) is 8.97. The molecule has 1 aliphatic heterocycles. The van der Waals surface area contributed by atoms with Gasteiger partial charge in [0.1, 0.15) is 0 Å². The summed E-state index contributed by atoms with van der Waals surface area (Å²) >= 11 is 5.78. The summed E-state index contributed by atoms with van der Waals surface area (Å²) in [7, 11) is -3.52. The van der Waals surface area contributed by atoms with Crippen molar-refractivity contribution in [2.45, 2.75) is 31.1 Å². The van der Waals surface area contributed by atoms with Crippen LogP contribution in [0.2, 0.25) is 5.02 Å². The van der Waals surface area contributed by atoms with Gasteiger partial charge in [-0.15, -0.1) is 0 Å². The van der Waals surface area contributed by atoms with E-state index >= 15 is 0 Å². The highest BCUT2D eigenvalue weighted by Crippen LogP contribution is 2.24. The summed E-state index contributed by atoms with van der Waals surface area (Å²) in [6.45, 7) is 4.38. The number of benzene rings is 2. The molecule has 0 unspecified atom stereocenters. The lowest BCUT2D eigenvalue weighted by Crippen LogP contribution is -2.32. The maximum Gasteiger partial charge on any atom is 0.225 e. The fourth-order valence-corrected chi connectivity index (χ4v) is 4.60. The normalized spacial score (nSPS) is 15.4. The first kappa shape index (κ1) is 20.7. The van der Waals surface area contributed by atoms with Crippen LogP contribution in [0.4, 0.5) is 11.4 Å². The summed E-state index contributed by atoms with van der Waals surface area (Å²) < 4.78 is 24.6. The van der Waals surface area contributed by atoms with E-state index in [2.05, 4.69) is 17.1 Å². The Bertz CT molecular complexity index is 904. The highest BCUT2D eigenvalue weighted by Gasteiger charge is 2.18. The molecule has 7 heteroatoms. The predicted octanol–water partition coefficient (Wildman–Crippen LogP) is 4.38. The summed E-state index contributed by atoms with van der Waals surface area (Å²) in [5.41, 5.74) is 1.82. The monoisotopic (exact) mass is 420 g/mol. The molecular weight excluding hydrogens is 396 g/mol. The van der Waals surface area contributed by atoms with Gasteiger partial charge >= 0.3 is 0 Å². The van der Waals surface area contributed by atoms with Crippen LogP contribution < -0.4 is 10.2 Å². The molecule has 1 saturated heterocycles. The van der Waals surface area contributed by atoms with Crippen molar-refractivity contribution in [2.75, 3.05) is 29.1 Å². The Morgan fingerprint density at radius 1 is 1.07 bits per heavy atom. The van der Waals surface area contributed by atoms with Gasteiger partial charge in [0.2, 0.25) is 5.91 Å². The topological polar surface area (TPSA) is 66.5 Å². The fourth-order valence-electron chi connectivity index (χ4n) is 3.23. The van der Waals surface area contributed by atoms with E-state index in [0.717, 1.165) is 24.7 Å². The lowest BCUT2D eigenvalue weighted by Gasteiger charge is -2.32. The van der Waals surface area contributed by atoms with Crippen LogP contribution in [0, 0.1) is 5.92 Å². The Labute approximate surface area is 171 Å². The number of sulfone groups is 1. The van der Waals surface area contributed by atoms with Gasteiger partial charge in [-0.05, 0) is 67.3 Å². The molecule has 0 spiro atoms. The van der Waals surface area contributed by atoms with E-state index in [-0.39, 0.29) is 23.0 Å². The maximum absolute atomic E-state index is 12.3. The number of amides is 1. The Morgan fingerprint density at radius 2 is 1.68 bits per heavy atom. The van der Waals surface area contributed by atoms with Gasteiger partial charge in [-0.1, -0.05) is 18.5 Å². The third kappa shape index (κ3) is 5.49. The first-order valence-corrected chi connectivity index (χ1v) is 11.5. The van der Waals surface area contributed by atoms with Gasteiger partial charge in [0, 0.05) is 35.9 Å². The van der Waals surface area contributed by atoms with Crippen LogP contribution in [-0.4, -0.2) is 33.2 Å². The summed E-state index contributed by atoms with van der Waals surface area (Å²) in [4.78, 5) is 14.7. The van der Waals surface area contributed by atoms with E-state index in [1.165, 1.54) is 37.1 Å². The number of hydrogen-bond acceptors (Lipinski definition) is 4. The Kier molecular flexibility index (Phi) is 6.62. The second-order valence-corrected chi connectivity index (χ2v) is 9.83. The highest BCUT2D eigenvalue weighted by molar-refractivity contribution is 7.91.